The number of nitrogens with zero attached hydrogens (tertiary/aromatic N) is 2. The van der Waals surface area contributed by atoms with E-state index in [2.05, 4.69) is 9.84 Å². The third-order valence-electron chi connectivity index (χ3n) is 3.43. The Kier molecular flexibility index (Phi) is 4.17. The fourth-order valence-corrected chi connectivity index (χ4v) is 2.32. The first kappa shape index (κ1) is 14.2. The Labute approximate surface area is 118 Å². The highest BCUT2D eigenvalue weighted by atomic mass is 16.5. The second kappa shape index (κ2) is 5.86. The maximum absolute atomic E-state index is 12.1. The van der Waals surface area contributed by atoms with Crippen molar-refractivity contribution in [3.8, 4) is 0 Å². The first-order valence-corrected chi connectivity index (χ1v) is 6.63. The minimum Gasteiger partial charge on any atom is -0.464 e. The molecule has 1 aliphatic rings. The number of carbonyl (C=O) groups excluding carboxylic acids is 2. The van der Waals surface area contributed by atoms with Gasteiger partial charge in [0, 0.05) is 12.0 Å². The van der Waals surface area contributed by atoms with Gasteiger partial charge < -0.3 is 4.74 Å². The molecule has 5 nitrogen and oxygen atoms in total. The number of Topliss-reactive ketones (excluding diaryl/α,β-unsaturated/α-hetero) is 1. The van der Waals surface area contributed by atoms with Crippen molar-refractivity contribution < 1.29 is 14.3 Å². The molecule has 0 saturated heterocycles. The maximum atomic E-state index is 12.1. The van der Waals surface area contributed by atoms with Crippen molar-refractivity contribution in [2.45, 2.75) is 32.7 Å². The van der Waals surface area contributed by atoms with Gasteiger partial charge in [-0.25, -0.2) is 4.79 Å². The number of ether oxygens (including phenoxy) is 1. The van der Waals surface area contributed by atoms with E-state index in [0.717, 1.165) is 12.1 Å². The number of benzene rings is 1. The molecule has 0 N–H and O–H groups in total. The number of para-hydroxylation sites is 1. The van der Waals surface area contributed by atoms with Gasteiger partial charge in [0.2, 0.25) is 0 Å². The molecule has 1 aromatic carbocycles. The maximum Gasteiger partial charge on any atom is 0.353 e. The lowest BCUT2D eigenvalue weighted by atomic mass is 9.95. The molecule has 0 aromatic heterocycles. The molecule has 1 aromatic rings. The lowest BCUT2D eigenvalue weighted by molar-refractivity contribution is -0.132. The molecule has 1 aliphatic heterocycles. The lowest BCUT2D eigenvalue weighted by Crippen LogP contribution is -2.38. The number of hydrazone groups is 1. The molecule has 0 fully saturated rings. The van der Waals surface area contributed by atoms with Crippen molar-refractivity contribution in [3.63, 3.8) is 0 Å². The highest BCUT2D eigenvalue weighted by molar-refractivity contribution is 6.35. The first-order valence-electron chi connectivity index (χ1n) is 6.63. The Hall–Kier alpha value is -2.17. The molecule has 0 saturated carbocycles. The minimum atomic E-state index is -0.464. The fourth-order valence-electron chi connectivity index (χ4n) is 2.32. The van der Waals surface area contributed by atoms with Crippen molar-refractivity contribution in [2.24, 2.45) is 5.10 Å². The number of ketones is 1. The van der Waals surface area contributed by atoms with Gasteiger partial charge in [0.15, 0.2) is 5.78 Å². The van der Waals surface area contributed by atoms with E-state index in [4.69, 9.17) is 0 Å². The standard InChI is InChI=1S/C15H18N2O3/c1-4-11-9-14(18)12-7-5-6-8-13(12)17(11)16-10(2)15(19)20-3/h5-8,11H,4,9H2,1-3H3/b16-10+. The quantitative estimate of drug-likeness (QED) is 0.627. The van der Waals surface area contributed by atoms with Crippen LogP contribution in [0.15, 0.2) is 29.4 Å². The minimum absolute atomic E-state index is 0.0305. The third kappa shape index (κ3) is 2.57. The fraction of sp³-hybridized carbons (Fsp3) is 0.400. The van der Waals surface area contributed by atoms with E-state index in [1.165, 1.54) is 7.11 Å². The average Bonchev–Trinajstić information content (AvgIpc) is 2.48. The smallest absolute Gasteiger partial charge is 0.353 e. The van der Waals surface area contributed by atoms with E-state index in [1.807, 2.05) is 25.1 Å². The number of esters is 1. The van der Waals surface area contributed by atoms with Crippen LogP contribution in [-0.4, -0.2) is 30.6 Å². The summed E-state index contributed by atoms with van der Waals surface area (Å²) in [5.74, 6) is -0.344. The number of carbonyl (C=O) groups is 2. The second-order valence-corrected chi connectivity index (χ2v) is 4.73. The monoisotopic (exact) mass is 274 g/mol. The highest BCUT2D eigenvalue weighted by Gasteiger charge is 2.30. The third-order valence-corrected chi connectivity index (χ3v) is 3.43. The SMILES string of the molecule is CCC1CC(=O)c2ccccc2N1/N=C(\C)C(=O)OC. The van der Waals surface area contributed by atoms with Gasteiger partial charge in [0.25, 0.3) is 0 Å². The predicted molar refractivity (Wildman–Crippen MR) is 77.1 cm³/mol. The first-order chi connectivity index (χ1) is 9.58. The van der Waals surface area contributed by atoms with Crippen LogP contribution in [0.2, 0.25) is 0 Å². The van der Waals surface area contributed by atoms with E-state index in [1.54, 1.807) is 18.0 Å². The normalized spacial score (nSPS) is 18.8. The summed E-state index contributed by atoms with van der Waals surface area (Å²) in [5, 5.41) is 6.12. The van der Waals surface area contributed by atoms with Gasteiger partial charge in [-0.1, -0.05) is 19.1 Å². The molecule has 106 valence electrons. The van der Waals surface area contributed by atoms with Crippen molar-refractivity contribution in [1.29, 1.82) is 0 Å². The van der Waals surface area contributed by atoms with Gasteiger partial charge in [0.05, 0.1) is 18.8 Å². The molecular formula is C15H18N2O3. The Morgan fingerprint density at radius 3 is 2.80 bits per heavy atom. The summed E-state index contributed by atoms with van der Waals surface area (Å²) in [4.78, 5) is 23.6. The molecule has 0 aliphatic carbocycles. The van der Waals surface area contributed by atoms with Crippen molar-refractivity contribution in [2.75, 3.05) is 12.1 Å². The Morgan fingerprint density at radius 2 is 2.15 bits per heavy atom. The molecular weight excluding hydrogens is 256 g/mol. The number of methoxy groups -OCH3 is 1. The van der Waals surface area contributed by atoms with Crippen LogP contribution in [0.5, 0.6) is 0 Å². The number of hydrogen-bond donors (Lipinski definition) is 0. The van der Waals surface area contributed by atoms with Crippen LogP contribution < -0.4 is 5.01 Å². The molecule has 1 atom stereocenters. The Balaban J connectivity index is 2.46. The van der Waals surface area contributed by atoms with Crippen LogP contribution >= 0.6 is 0 Å². The number of rotatable bonds is 3. The molecule has 0 spiro atoms. The molecule has 1 unspecified atom stereocenters. The van der Waals surface area contributed by atoms with Gasteiger partial charge >= 0.3 is 5.97 Å². The van der Waals surface area contributed by atoms with Crippen molar-refractivity contribution in [1.82, 2.24) is 0 Å². The van der Waals surface area contributed by atoms with E-state index in [9.17, 15) is 9.59 Å². The zero-order valence-electron chi connectivity index (χ0n) is 11.9. The largest absolute Gasteiger partial charge is 0.464 e. The molecule has 5 heteroatoms. The highest BCUT2D eigenvalue weighted by Crippen LogP contribution is 2.32. The summed E-state index contributed by atoms with van der Waals surface area (Å²) >= 11 is 0. The molecule has 0 bridgehead atoms. The van der Waals surface area contributed by atoms with Crippen LogP contribution in [0.25, 0.3) is 0 Å². The zero-order chi connectivity index (χ0) is 14.7. The predicted octanol–water partition coefficient (Wildman–Crippen LogP) is 2.41. The molecule has 1 heterocycles. The Morgan fingerprint density at radius 1 is 1.45 bits per heavy atom. The van der Waals surface area contributed by atoms with E-state index >= 15 is 0 Å². The summed E-state index contributed by atoms with van der Waals surface area (Å²) in [6, 6.07) is 7.30. The topological polar surface area (TPSA) is 59.0 Å². The van der Waals surface area contributed by atoms with Gasteiger partial charge in [-0.05, 0) is 25.5 Å². The summed E-state index contributed by atoms with van der Waals surface area (Å²) in [5.41, 5.74) is 1.67. The van der Waals surface area contributed by atoms with Gasteiger partial charge in [0.1, 0.15) is 5.71 Å². The summed E-state index contributed by atoms with van der Waals surface area (Å²) < 4.78 is 4.67. The van der Waals surface area contributed by atoms with E-state index < -0.39 is 5.97 Å². The van der Waals surface area contributed by atoms with Crippen LogP contribution in [0.3, 0.4) is 0 Å². The average molecular weight is 274 g/mol. The van der Waals surface area contributed by atoms with Crippen LogP contribution in [0.4, 0.5) is 5.69 Å². The summed E-state index contributed by atoms with van der Waals surface area (Å²) in [6.45, 7) is 3.61. The molecule has 0 amide bonds. The number of hydrogen-bond acceptors (Lipinski definition) is 5. The van der Waals surface area contributed by atoms with Crippen molar-refractivity contribution >= 4 is 23.2 Å². The summed E-state index contributed by atoms with van der Waals surface area (Å²) in [6.07, 6.45) is 1.18. The number of anilines is 1. The van der Waals surface area contributed by atoms with Crippen molar-refractivity contribution in [3.05, 3.63) is 29.8 Å². The van der Waals surface area contributed by atoms with Crippen LogP contribution in [0, 0.1) is 0 Å². The molecule has 20 heavy (non-hydrogen) atoms. The Bertz CT molecular complexity index is 566. The lowest BCUT2D eigenvalue weighted by Gasteiger charge is -2.34. The van der Waals surface area contributed by atoms with E-state index in [-0.39, 0.29) is 17.5 Å². The number of fused-ring (bicyclic) bond motifs is 1. The van der Waals surface area contributed by atoms with Gasteiger partial charge in [-0.3, -0.25) is 9.80 Å². The second-order valence-electron chi connectivity index (χ2n) is 4.73. The van der Waals surface area contributed by atoms with Gasteiger partial charge in [-0.15, -0.1) is 0 Å². The molecule has 2 rings (SSSR count). The summed E-state index contributed by atoms with van der Waals surface area (Å²) in [7, 11) is 1.33. The molecule has 0 radical (unpaired) electrons. The van der Waals surface area contributed by atoms with Gasteiger partial charge in [-0.2, -0.15) is 5.10 Å². The van der Waals surface area contributed by atoms with Crippen LogP contribution in [-0.2, 0) is 9.53 Å². The van der Waals surface area contributed by atoms with E-state index in [0.29, 0.717) is 12.0 Å². The van der Waals surface area contributed by atoms with Crippen LogP contribution in [0.1, 0.15) is 37.0 Å². The zero-order valence-corrected chi connectivity index (χ0v) is 11.9.